The lowest BCUT2D eigenvalue weighted by molar-refractivity contribution is -0.131. The van der Waals surface area contributed by atoms with Gasteiger partial charge in [-0.3, -0.25) is 4.79 Å². The van der Waals surface area contributed by atoms with Gasteiger partial charge in [-0.2, -0.15) is 0 Å². The fraction of sp³-hybridized carbons (Fsp3) is 0.167. The third kappa shape index (κ3) is 1.65. The van der Waals surface area contributed by atoms with Crippen LogP contribution in [0.5, 0.6) is 0 Å². The second kappa shape index (κ2) is 4.43. The number of fused-ring (bicyclic) bond motifs is 2. The van der Waals surface area contributed by atoms with Crippen LogP contribution in [-0.2, 0) is 17.4 Å². The number of aromatic nitrogens is 1. The van der Waals surface area contributed by atoms with E-state index in [0.29, 0.717) is 11.3 Å². The highest BCUT2D eigenvalue weighted by molar-refractivity contribution is 6.10. The van der Waals surface area contributed by atoms with E-state index >= 15 is 0 Å². The molecule has 0 fully saturated rings. The molecule has 0 bridgehead atoms. The van der Waals surface area contributed by atoms with Crippen LogP contribution in [0.2, 0.25) is 0 Å². The normalized spacial score (nSPS) is 20.3. The Hall–Kier alpha value is -2.66. The number of anilines is 1. The summed E-state index contributed by atoms with van der Waals surface area (Å²) in [4.78, 5) is 14.2. The van der Waals surface area contributed by atoms with Crippen LogP contribution in [0.3, 0.4) is 0 Å². The van der Waals surface area contributed by atoms with E-state index in [4.69, 9.17) is 0 Å². The number of carbonyl (C=O) groups is 1. The van der Waals surface area contributed by atoms with Gasteiger partial charge in [0.25, 0.3) is 5.91 Å². The molecule has 1 N–H and O–H groups in total. The van der Waals surface area contributed by atoms with E-state index in [0.717, 1.165) is 10.9 Å². The van der Waals surface area contributed by atoms with Gasteiger partial charge in [0.2, 0.25) is 0 Å². The van der Waals surface area contributed by atoms with Gasteiger partial charge in [0, 0.05) is 42.3 Å². The minimum Gasteiger partial charge on any atom is -0.372 e. The van der Waals surface area contributed by atoms with Crippen LogP contribution < -0.4 is 4.90 Å². The number of aryl methyl sites for hydroxylation is 1. The highest BCUT2D eigenvalue weighted by Crippen LogP contribution is 2.46. The third-order valence-corrected chi connectivity index (χ3v) is 4.61. The zero-order valence-corrected chi connectivity index (χ0v) is 12.7. The highest BCUT2D eigenvalue weighted by Gasteiger charge is 2.51. The quantitative estimate of drug-likeness (QED) is 0.751. The molecule has 4 nitrogen and oxygen atoms in total. The number of carbonyl (C=O) groups excluding carboxylic acids is 1. The number of hydrogen-bond acceptors (Lipinski definition) is 2. The Labute approximate surface area is 132 Å². The van der Waals surface area contributed by atoms with E-state index in [1.807, 2.05) is 35.9 Å². The molecule has 5 heteroatoms. The van der Waals surface area contributed by atoms with E-state index in [1.54, 1.807) is 13.2 Å². The van der Waals surface area contributed by atoms with Gasteiger partial charge < -0.3 is 14.6 Å². The van der Waals surface area contributed by atoms with E-state index in [-0.39, 0.29) is 5.56 Å². The first kappa shape index (κ1) is 14.0. The molecule has 0 radical (unpaired) electrons. The predicted octanol–water partition coefficient (Wildman–Crippen LogP) is 2.53. The van der Waals surface area contributed by atoms with Crippen molar-refractivity contribution in [2.75, 3.05) is 11.9 Å². The van der Waals surface area contributed by atoms with Gasteiger partial charge in [0.1, 0.15) is 5.82 Å². The molecular formula is C18H15FN2O2. The number of likely N-dealkylation sites (N-methyl/N-ethyl adjacent to an activating group) is 1. The first-order chi connectivity index (χ1) is 10.9. The lowest BCUT2D eigenvalue weighted by Crippen LogP contribution is -2.39. The first-order valence-electron chi connectivity index (χ1n) is 7.29. The molecule has 4 rings (SSSR count). The van der Waals surface area contributed by atoms with Crippen LogP contribution in [0, 0.1) is 5.82 Å². The van der Waals surface area contributed by atoms with Crippen molar-refractivity contribution in [3.8, 4) is 0 Å². The average Bonchev–Trinajstić information content (AvgIpc) is 2.98. The summed E-state index contributed by atoms with van der Waals surface area (Å²) in [6.45, 7) is 0. The number of aliphatic hydroxyl groups is 1. The summed E-state index contributed by atoms with van der Waals surface area (Å²) in [6, 6.07) is 11.6. The maximum absolute atomic E-state index is 13.7. The molecule has 0 saturated carbocycles. The molecule has 0 spiro atoms. The van der Waals surface area contributed by atoms with Crippen molar-refractivity contribution >= 4 is 22.5 Å². The van der Waals surface area contributed by atoms with Gasteiger partial charge in [0.05, 0.1) is 5.69 Å². The number of hydrogen-bond donors (Lipinski definition) is 1. The molecule has 1 amide bonds. The maximum Gasteiger partial charge on any atom is 0.268 e. The van der Waals surface area contributed by atoms with Gasteiger partial charge in [0.15, 0.2) is 5.60 Å². The lowest BCUT2D eigenvalue weighted by atomic mass is 9.87. The Morgan fingerprint density at radius 3 is 2.61 bits per heavy atom. The highest BCUT2D eigenvalue weighted by atomic mass is 19.1. The summed E-state index contributed by atoms with van der Waals surface area (Å²) in [5.74, 6) is -0.958. The topological polar surface area (TPSA) is 45.5 Å². The molecule has 2 heterocycles. The van der Waals surface area contributed by atoms with Crippen LogP contribution in [0.1, 0.15) is 11.1 Å². The van der Waals surface area contributed by atoms with Crippen molar-refractivity contribution in [1.29, 1.82) is 0 Å². The van der Waals surface area contributed by atoms with Crippen LogP contribution >= 0.6 is 0 Å². The van der Waals surface area contributed by atoms with Crippen LogP contribution in [0.15, 0.2) is 48.7 Å². The monoisotopic (exact) mass is 310 g/mol. The molecule has 0 unspecified atom stereocenters. The van der Waals surface area contributed by atoms with Gasteiger partial charge in [-0.15, -0.1) is 0 Å². The van der Waals surface area contributed by atoms with Crippen LogP contribution in [-0.4, -0.2) is 22.6 Å². The Morgan fingerprint density at radius 2 is 1.83 bits per heavy atom. The van der Waals surface area contributed by atoms with Crippen LogP contribution in [0.25, 0.3) is 10.9 Å². The van der Waals surface area contributed by atoms with E-state index in [1.165, 1.54) is 23.1 Å². The number of nitrogens with zero attached hydrogens (tertiary/aromatic N) is 2. The Balaban J connectivity index is 2.08. The van der Waals surface area contributed by atoms with E-state index in [9.17, 15) is 14.3 Å². The molecule has 2 aromatic carbocycles. The van der Waals surface area contributed by atoms with Crippen molar-refractivity contribution in [3.05, 3.63) is 65.6 Å². The SMILES string of the molecule is CN1C(=O)[C@@](O)(c2cn(C)c3ccccc23)c2cc(F)ccc21. The average molecular weight is 310 g/mol. The Kier molecular flexibility index (Phi) is 2.69. The van der Waals surface area contributed by atoms with Crippen LogP contribution in [0.4, 0.5) is 10.1 Å². The zero-order valence-electron chi connectivity index (χ0n) is 12.7. The fourth-order valence-corrected chi connectivity index (χ4v) is 3.45. The minimum atomic E-state index is -1.88. The minimum absolute atomic E-state index is 0.279. The molecule has 1 aliphatic heterocycles. The molecule has 23 heavy (non-hydrogen) atoms. The Morgan fingerprint density at radius 1 is 1.09 bits per heavy atom. The zero-order chi connectivity index (χ0) is 16.4. The second-order valence-corrected chi connectivity index (χ2v) is 5.91. The smallest absolute Gasteiger partial charge is 0.268 e. The van der Waals surface area contributed by atoms with Gasteiger partial charge in [-0.05, 0) is 24.3 Å². The largest absolute Gasteiger partial charge is 0.372 e. The van der Waals surface area contributed by atoms with Crippen molar-refractivity contribution in [2.45, 2.75) is 5.60 Å². The number of amides is 1. The molecule has 1 aromatic heterocycles. The summed E-state index contributed by atoms with van der Waals surface area (Å²) in [7, 11) is 3.44. The number of para-hydroxylation sites is 1. The number of halogens is 1. The summed E-state index contributed by atoms with van der Waals surface area (Å²) in [5, 5.41) is 12.1. The van der Waals surface area contributed by atoms with Gasteiger partial charge >= 0.3 is 0 Å². The maximum atomic E-state index is 13.7. The van der Waals surface area contributed by atoms with Gasteiger partial charge in [-0.1, -0.05) is 18.2 Å². The molecule has 1 atom stereocenters. The standard InChI is InChI=1S/C18H15FN2O2/c1-20-10-14(12-5-3-4-6-15(12)20)18(23)13-9-11(19)7-8-16(13)21(2)17(18)22/h3-10,23H,1-2H3/t18-/m0/s1. The number of rotatable bonds is 1. The first-order valence-corrected chi connectivity index (χ1v) is 7.29. The molecular weight excluding hydrogens is 295 g/mol. The van der Waals surface area contributed by atoms with Gasteiger partial charge in [-0.25, -0.2) is 4.39 Å². The summed E-state index contributed by atoms with van der Waals surface area (Å²) in [6.07, 6.45) is 1.73. The second-order valence-electron chi connectivity index (χ2n) is 5.91. The predicted molar refractivity (Wildman–Crippen MR) is 85.7 cm³/mol. The number of benzene rings is 2. The summed E-state index contributed by atoms with van der Waals surface area (Å²) < 4.78 is 15.6. The van der Waals surface area contributed by atoms with Crippen molar-refractivity contribution in [2.24, 2.45) is 7.05 Å². The van der Waals surface area contributed by atoms with E-state index in [2.05, 4.69) is 0 Å². The molecule has 0 saturated heterocycles. The van der Waals surface area contributed by atoms with Crippen molar-refractivity contribution < 1.29 is 14.3 Å². The fourth-order valence-electron chi connectivity index (χ4n) is 3.45. The lowest BCUT2D eigenvalue weighted by Gasteiger charge is -2.21. The third-order valence-electron chi connectivity index (χ3n) is 4.61. The molecule has 1 aliphatic rings. The summed E-state index contributed by atoms with van der Waals surface area (Å²) in [5.41, 5.74) is 0.286. The molecule has 116 valence electrons. The van der Waals surface area contributed by atoms with Crippen molar-refractivity contribution in [3.63, 3.8) is 0 Å². The molecule has 0 aliphatic carbocycles. The van der Waals surface area contributed by atoms with E-state index < -0.39 is 17.3 Å². The molecule has 3 aromatic rings. The Bertz CT molecular complexity index is 963. The van der Waals surface area contributed by atoms with Crippen molar-refractivity contribution in [1.82, 2.24) is 4.57 Å². The summed E-state index contributed by atoms with van der Waals surface area (Å²) >= 11 is 0.